The molecule has 0 radical (unpaired) electrons. The predicted octanol–water partition coefficient (Wildman–Crippen LogP) is 3.72. The van der Waals surface area contributed by atoms with Crippen molar-refractivity contribution in [3.05, 3.63) is 65.5 Å². The fraction of sp³-hybridized carbons (Fsp3) is 0.0769. The van der Waals surface area contributed by atoms with E-state index >= 15 is 0 Å². The van der Waals surface area contributed by atoms with Gasteiger partial charge in [0.15, 0.2) is 0 Å². The highest BCUT2D eigenvalue weighted by Crippen LogP contribution is 2.16. The molecule has 1 N–H and O–H groups in total. The highest BCUT2D eigenvalue weighted by atomic mass is 19.1. The van der Waals surface area contributed by atoms with Gasteiger partial charge in [0, 0.05) is 6.54 Å². The van der Waals surface area contributed by atoms with E-state index in [-0.39, 0.29) is 11.5 Å². The van der Waals surface area contributed by atoms with E-state index in [2.05, 4.69) is 5.32 Å². The molecule has 0 heterocycles. The van der Waals surface area contributed by atoms with Crippen molar-refractivity contribution in [2.45, 2.75) is 6.54 Å². The first-order valence-electron chi connectivity index (χ1n) is 5.08. The number of nitrogens with one attached hydrogen (secondary N) is 1. The summed E-state index contributed by atoms with van der Waals surface area (Å²) in [7, 11) is 0. The molecule has 2 rings (SSSR count). The van der Waals surface area contributed by atoms with E-state index in [9.17, 15) is 13.2 Å². The molecule has 0 aliphatic rings. The zero-order valence-electron chi connectivity index (χ0n) is 8.88. The van der Waals surface area contributed by atoms with Crippen molar-refractivity contribution in [3.63, 3.8) is 0 Å². The Morgan fingerprint density at radius 3 is 2.18 bits per heavy atom. The molecule has 0 fully saturated rings. The summed E-state index contributed by atoms with van der Waals surface area (Å²) in [6, 6.07) is 9.00. The van der Waals surface area contributed by atoms with Gasteiger partial charge in [-0.1, -0.05) is 12.1 Å². The van der Waals surface area contributed by atoms with Gasteiger partial charge in [0.1, 0.15) is 17.5 Å². The highest BCUT2D eigenvalue weighted by Gasteiger charge is 2.03. The average Bonchev–Trinajstić information content (AvgIpc) is 2.32. The summed E-state index contributed by atoms with van der Waals surface area (Å²) < 4.78 is 38.8. The molecular formula is C13H10F3N. The summed E-state index contributed by atoms with van der Waals surface area (Å²) in [6.07, 6.45) is 0. The third-order valence-corrected chi connectivity index (χ3v) is 2.32. The molecular weight excluding hydrogens is 227 g/mol. The molecule has 17 heavy (non-hydrogen) atoms. The molecule has 0 aliphatic carbocycles. The first kappa shape index (κ1) is 11.5. The van der Waals surface area contributed by atoms with Crippen LogP contribution in [0.1, 0.15) is 5.56 Å². The van der Waals surface area contributed by atoms with Crippen LogP contribution < -0.4 is 5.32 Å². The van der Waals surface area contributed by atoms with Gasteiger partial charge in [0.25, 0.3) is 0 Å². The second kappa shape index (κ2) is 4.91. The zero-order valence-corrected chi connectivity index (χ0v) is 8.88. The minimum absolute atomic E-state index is 0.0920. The molecule has 0 saturated carbocycles. The molecule has 88 valence electrons. The molecule has 4 heteroatoms. The summed E-state index contributed by atoms with van der Waals surface area (Å²) >= 11 is 0. The lowest BCUT2D eigenvalue weighted by molar-refractivity contribution is 0.602. The Morgan fingerprint density at radius 2 is 1.47 bits per heavy atom. The van der Waals surface area contributed by atoms with E-state index in [0.29, 0.717) is 6.54 Å². The van der Waals surface area contributed by atoms with Crippen LogP contribution in [-0.2, 0) is 6.54 Å². The molecule has 0 unspecified atom stereocenters. The van der Waals surface area contributed by atoms with E-state index in [1.165, 1.54) is 12.1 Å². The van der Waals surface area contributed by atoms with Crippen molar-refractivity contribution in [3.8, 4) is 0 Å². The number of anilines is 1. The molecule has 2 aromatic carbocycles. The molecule has 0 spiro atoms. The van der Waals surface area contributed by atoms with E-state index < -0.39 is 11.6 Å². The predicted molar refractivity (Wildman–Crippen MR) is 60.1 cm³/mol. The van der Waals surface area contributed by atoms with Crippen LogP contribution >= 0.6 is 0 Å². The summed E-state index contributed by atoms with van der Waals surface area (Å²) in [5.74, 6) is -1.35. The zero-order chi connectivity index (χ0) is 12.3. The number of benzene rings is 2. The van der Waals surface area contributed by atoms with Crippen LogP contribution in [0, 0.1) is 17.5 Å². The minimum Gasteiger partial charge on any atom is -0.379 e. The maximum absolute atomic E-state index is 13.2. The number of rotatable bonds is 3. The number of hydrogen-bond acceptors (Lipinski definition) is 1. The summed E-state index contributed by atoms with van der Waals surface area (Å²) in [6.45, 7) is 0.306. The normalized spacial score (nSPS) is 10.3. The minimum atomic E-state index is -0.520. The Morgan fingerprint density at radius 1 is 0.824 bits per heavy atom. The van der Waals surface area contributed by atoms with Gasteiger partial charge in [-0.25, -0.2) is 13.2 Å². The van der Waals surface area contributed by atoms with Crippen LogP contribution in [-0.4, -0.2) is 0 Å². The number of hydrogen-bond donors (Lipinski definition) is 1. The fourth-order valence-corrected chi connectivity index (χ4v) is 1.43. The second-order valence-corrected chi connectivity index (χ2v) is 3.60. The largest absolute Gasteiger partial charge is 0.379 e. The fourth-order valence-electron chi connectivity index (χ4n) is 1.43. The van der Waals surface area contributed by atoms with Gasteiger partial charge in [0.05, 0.1) is 5.69 Å². The summed E-state index contributed by atoms with van der Waals surface area (Å²) in [5, 5.41) is 2.75. The lowest BCUT2D eigenvalue weighted by Gasteiger charge is -2.07. The van der Waals surface area contributed by atoms with Crippen LogP contribution in [0.2, 0.25) is 0 Å². The molecule has 1 nitrogen and oxygen atoms in total. The third-order valence-electron chi connectivity index (χ3n) is 2.32. The van der Waals surface area contributed by atoms with Gasteiger partial charge >= 0.3 is 0 Å². The SMILES string of the molecule is Fc1ccc(CNc2cc(F)ccc2F)cc1. The Balaban J connectivity index is 2.07. The van der Waals surface area contributed by atoms with Crippen molar-refractivity contribution in [1.82, 2.24) is 0 Å². The average molecular weight is 237 g/mol. The monoisotopic (exact) mass is 237 g/mol. The Labute approximate surface area is 96.9 Å². The second-order valence-electron chi connectivity index (χ2n) is 3.60. The van der Waals surface area contributed by atoms with E-state index in [0.717, 1.165) is 23.8 Å². The van der Waals surface area contributed by atoms with E-state index in [1.807, 2.05) is 0 Å². The summed E-state index contributed by atoms with van der Waals surface area (Å²) in [4.78, 5) is 0. The van der Waals surface area contributed by atoms with E-state index in [4.69, 9.17) is 0 Å². The van der Waals surface area contributed by atoms with Crippen molar-refractivity contribution >= 4 is 5.69 Å². The standard InChI is InChI=1S/C13H10F3N/c14-10-3-1-9(2-4-10)8-17-13-7-11(15)5-6-12(13)16/h1-7,17H,8H2. The smallest absolute Gasteiger partial charge is 0.146 e. The maximum atomic E-state index is 13.2. The lowest BCUT2D eigenvalue weighted by atomic mass is 10.2. The molecule has 0 bridgehead atoms. The third kappa shape index (κ3) is 3.00. The van der Waals surface area contributed by atoms with Gasteiger partial charge in [-0.05, 0) is 35.9 Å². The van der Waals surface area contributed by atoms with Gasteiger partial charge in [-0.3, -0.25) is 0 Å². The van der Waals surface area contributed by atoms with Crippen molar-refractivity contribution in [2.24, 2.45) is 0 Å². The lowest BCUT2D eigenvalue weighted by Crippen LogP contribution is -2.01. The van der Waals surface area contributed by atoms with Crippen molar-refractivity contribution in [1.29, 1.82) is 0 Å². The Hall–Kier alpha value is -1.97. The van der Waals surface area contributed by atoms with Gasteiger partial charge in [0.2, 0.25) is 0 Å². The van der Waals surface area contributed by atoms with Crippen LogP contribution in [0.25, 0.3) is 0 Å². The van der Waals surface area contributed by atoms with Crippen LogP contribution in [0.3, 0.4) is 0 Å². The Kier molecular flexibility index (Phi) is 3.32. The van der Waals surface area contributed by atoms with Crippen LogP contribution in [0.4, 0.5) is 18.9 Å². The highest BCUT2D eigenvalue weighted by molar-refractivity contribution is 5.45. The maximum Gasteiger partial charge on any atom is 0.146 e. The quantitative estimate of drug-likeness (QED) is 0.857. The first-order chi connectivity index (χ1) is 8.15. The molecule has 0 atom stereocenters. The van der Waals surface area contributed by atoms with Crippen molar-refractivity contribution in [2.75, 3.05) is 5.32 Å². The molecule has 0 saturated heterocycles. The van der Waals surface area contributed by atoms with Crippen LogP contribution in [0.15, 0.2) is 42.5 Å². The molecule has 0 aromatic heterocycles. The topological polar surface area (TPSA) is 12.0 Å². The van der Waals surface area contributed by atoms with E-state index in [1.54, 1.807) is 12.1 Å². The number of halogens is 3. The summed E-state index contributed by atoms with van der Waals surface area (Å²) in [5.41, 5.74) is 0.879. The molecule has 0 aliphatic heterocycles. The van der Waals surface area contributed by atoms with Crippen molar-refractivity contribution < 1.29 is 13.2 Å². The van der Waals surface area contributed by atoms with Gasteiger partial charge < -0.3 is 5.32 Å². The van der Waals surface area contributed by atoms with Gasteiger partial charge in [-0.2, -0.15) is 0 Å². The first-order valence-corrected chi connectivity index (χ1v) is 5.08. The van der Waals surface area contributed by atoms with Gasteiger partial charge in [-0.15, -0.1) is 0 Å². The molecule has 2 aromatic rings. The Bertz CT molecular complexity index is 509. The molecule has 0 amide bonds. The van der Waals surface area contributed by atoms with Crippen LogP contribution in [0.5, 0.6) is 0 Å².